The molecule has 2 aliphatic heterocycles. The molecule has 2 fully saturated rings. The Bertz CT molecular complexity index is 1640. The van der Waals surface area contributed by atoms with Gasteiger partial charge in [0.05, 0.1) is 38.2 Å². The van der Waals surface area contributed by atoms with Gasteiger partial charge in [0.15, 0.2) is 5.43 Å². The average Bonchev–Trinajstić information content (AvgIpc) is 3.69. The summed E-state index contributed by atoms with van der Waals surface area (Å²) in [5.74, 6) is 1.16. The topological polar surface area (TPSA) is 122 Å². The molecule has 4 aromatic heterocycles. The SMILES string of the molecule is N[C@@H]1CCCC[C@@H]1Nc1cc2c(c(Nc3cc(-c4csc5c(=O)cc(N6CCOCC6)sc45)cs3)n1)C(=O)NC2. The number of aromatic nitrogens is 1. The van der Waals surface area contributed by atoms with Crippen LogP contribution in [0.15, 0.2) is 33.8 Å². The number of morpholine rings is 1. The lowest BCUT2D eigenvalue weighted by Gasteiger charge is -2.30. The molecule has 6 heterocycles. The van der Waals surface area contributed by atoms with Crippen molar-refractivity contribution < 1.29 is 9.53 Å². The lowest BCUT2D eigenvalue weighted by atomic mass is 9.91. The Kier molecular flexibility index (Phi) is 6.96. The number of hydrogen-bond donors (Lipinski definition) is 4. The Hall–Kier alpha value is -3.03. The molecule has 1 saturated heterocycles. The third-order valence-electron chi connectivity index (χ3n) is 7.83. The molecule has 9 nitrogen and oxygen atoms in total. The quantitative estimate of drug-likeness (QED) is 0.247. The Balaban J connectivity index is 1.19. The first-order chi connectivity index (χ1) is 19.5. The largest absolute Gasteiger partial charge is 0.378 e. The molecule has 1 aliphatic carbocycles. The Morgan fingerprint density at radius 1 is 1.05 bits per heavy atom. The smallest absolute Gasteiger partial charge is 0.255 e. The van der Waals surface area contributed by atoms with Gasteiger partial charge in [-0.25, -0.2) is 4.98 Å². The third-order valence-corrected chi connectivity index (χ3v) is 11.0. The van der Waals surface area contributed by atoms with Gasteiger partial charge in [-0.1, -0.05) is 12.8 Å². The van der Waals surface area contributed by atoms with Crippen LogP contribution in [0.2, 0.25) is 0 Å². The van der Waals surface area contributed by atoms with E-state index in [-0.39, 0.29) is 23.4 Å². The number of anilines is 4. The van der Waals surface area contributed by atoms with Crippen LogP contribution in [0.3, 0.4) is 0 Å². The predicted octanol–water partition coefficient (Wildman–Crippen LogP) is 4.95. The van der Waals surface area contributed by atoms with E-state index >= 15 is 0 Å². The van der Waals surface area contributed by atoms with E-state index in [9.17, 15) is 9.59 Å². The molecule has 12 heteroatoms. The molecular formula is C28H30N6O3S3. The number of amides is 1. The van der Waals surface area contributed by atoms with Crippen molar-refractivity contribution in [3.63, 3.8) is 0 Å². The average molecular weight is 595 g/mol. The van der Waals surface area contributed by atoms with Crippen LogP contribution in [-0.2, 0) is 11.3 Å². The van der Waals surface area contributed by atoms with E-state index in [1.54, 1.807) is 28.7 Å². The van der Waals surface area contributed by atoms with E-state index in [4.69, 9.17) is 15.5 Å². The highest BCUT2D eigenvalue weighted by Crippen LogP contribution is 2.41. The molecule has 1 amide bonds. The first-order valence-corrected chi connectivity index (χ1v) is 16.2. The van der Waals surface area contributed by atoms with Crippen molar-refractivity contribution in [2.75, 3.05) is 41.8 Å². The van der Waals surface area contributed by atoms with E-state index < -0.39 is 0 Å². The normalized spacial score (nSPS) is 20.9. The first-order valence-electron chi connectivity index (χ1n) is 13.6. The number of carbonyl (C=O) groups is 1. The van der Waals surface area contributed by atoms with Crippen LogP contribution in [0, 0.1) is 0 Å². The highest BCUT2D eigenvalue weighted by atomic mass is 32.1. The molecule has 2 atom stereocenters. The number of fused-ring (bicyclic) bond motifs is 2. The predicted molar refractivity (Wildman–Crippen MR) is 165 cm³/mol. The van der Waals surface area contributed by atoms with Crippen LogP contribution in [0.1, 0.15) is 41.6 Å². The second-order valence-corrected chi connectivity index (χ2v) is 13.3. The molecule has 7 rings (SSSR count). The molecule has 0 spiro atoms. The van der Waals surface area contributed by atoms with Crippen LogP contribution in [0.5, 0.6) is 0 Å². The van der Waals surface area contributed by atoms with Crippen LogP contribution < -0.4 is 32.0 Å². The lowest BCUT2D eigenvalue weighted by molar-refractivity contribution is 0.0966. The lowest BCUT2D eigenvalue weighted by Crippen LogP contribution is -2.42. The molecule has 208 valence electrons. The number of carbonyl (C=O) groups excluding carboxylic acids is 1. The summed E-state index contributed by atoms with van der Waals surface area (Å²) in [7, 11) is 0. The summed E-state index contributed by atoms with van der Waals surface area (Å²) in [6.45, 7) is 3.42. The molecule has 1 saturated carbocycles. The maximum absolute atomic E-state index is 13.0. The number of nitrogens with zero attached hydrogens (tertiary/aromatic N) is 2. The fourth-order valence-corrected chi connectivity index (χ4v) is 8.87. The van der Waals surface area contributed by atoms with Gasteiger partial charge in [0.2, 0.25) is 0 Å². The van der Waals surface area contributed by atoms with Crippen molar-refractivity contribution >= 4 is 71.0 Å². The zero-order valence-electron chi connectivity index (χ0n) is 21.8. The van der Waals surface area contributed by atoms with Gasteiger partial charge < -0.3 is 31.3 Å². The number of pyridine rings is 1. The van der Waals surface area contributed by atoms with Gasteiger partial charge in [0, 0.05) is 54.1 Å². The van der Waals surface area contributed by atoms with E-state index in [1.165, 1.54) is 11.3 Å². The van der Waals surface area contributed by atoms with Crippen molar-refractivity contribution in [2.24, 2.45) is 5.73 Å². The molecular weight excluding hydrogens is 565 g/mol. The number of thiophene rings is 2. The summed E-state index contributed by atoms with van der Waals surface area (Å²) in [5.41, 5.74) is 10.0. The highest BCUT2D eigenvalue weighted by Gasteiger charge is 2.28. The standard InChI is InChI=1S/C28H30N6O3S3/c29-18-3-1-2-4-19(18)31-21-9-15-12-30-28(36)24(15)27(32-21)33-22-10-16(13-38-22)17-14-39-26-20(35)11-23(40-25(17)26)34-5-7-37-8-6-34/h9-11,13-14,18-19H,1-8,12,29H2,(H,30,36)(H2,31,32,33)/t18-,19+/m1/s1. The summed E-state index contributed by atoms with van der Waals surface area (Å²) in [6, 6.07) is 6.07. The number of hydrogen-bond acceptors (Lipinski definition) is 11. The maximum atomic E-state index is 13.0. The summed E-state index contributed by atoms with van der Waals surface area (Å²) in [4.78, 5) is 32.7. The van der Waals surface area contributed by atoms with Gasteiger partial charge >= 0.3 is 0 Å². The van der Waals surface area contributed by atoms with E-state index in [0.717, 1.165) is 80.7 Å². The minimum atomic E-state index is -0.119. The fraction of sp³-hybridized carbons (Fsp3) is 0.393. The summed E-state index contributed by atoms with van der Waals surface area (Å²) >= 11 is 4.72. The van der Waals surface area contributed by atoms with Crippen LogP contribution in [-0.4, -0.2) is 49.3 Å². The van der Waals surface area contributed by atoms with Crippen molar-refractivity contribution in [3.8, 4) is 11.1 Å². The van der Waals surface area contributed by atoms with Crippen molar-refractivity contribution in [1.29, 1.82) is 0 Å². The molecule has 5 N–H and O–H groups in total. The van der Waals surface area contributed by atoms with Gasteiger partial charge in [-0.3, -0.25) is 9.59 Å². The number of ether oxygens (including phenoxy) is 1. The molecule has 4 aromatic rings. The van der Waals surface area contributed by atoms with E-state index in [0.29, 0.717) is 31.1 Å². The molecule has 0 aromatic carbocycles. The third kappa shape index (κ3) is 4.88. The second-order valence-electron chi connectivity index (χ2n) is 10.5. The van der Waals surface area contributed by atoms with Crippen molar-refractivity contribution in [2.45, 2.75) is 44.3 Å². The Labute approximate surface area is 243 Å². The Morgan fingerprint density at radius 3 is 2.75 bits per heavy atom. The maximum Gasteiger partial charge on any atom is 0.255 e. The zero-order chi connectivity index (χ0) is 27.2. The van der Waals surface area contributed by atoms with Gasteiger partial charge in [0.1, 0.15) is 11.6 Å². The summed E-state index contributed by atoms with van der Waals surface area (Å²) in [5, 5.41) is 15.9. The Morgan fingerprint density at radius 2 is 1.90 bits per heavy atom. The number of nitrogens with two attached hydrogens (primary N) is 1. The molecule has 0 bridgehead atoms. The fourth-order valence-electron chi connectivity index (χ4n) is 5.68. The highest BCUT2D eigenvalue weighted by molar-refractivity contribution is 7.28. The van der Waals surface area contributed by atoms with Crippen LogP contribution in [0.25, 0.3) is 20.5 Å². The van der Waals surface area contributed by atoms with Gasteiger partial charge in [-0.05, 0) is 36.1 Å². The van der Waals surface area contributed by atoms with Crippen LogP contribution in [0.4, 0.5) is 21.6 Å². The summed E-state index contributed by atoms with van der Waals surface area (Å²) < 4.78 is 7.29. The second kappa shape index (κ2) is 10.7. The van der Waals surface area contributed by atoms with Gasteiger partial charge in [-0.2, -0.15) is 0 Å². The van der Waals surface area contributed by atoms with E-state index in [2.05, 4.69) is 37.7 Å². The van der Waals surface area contributed by atoms with Gasteiger partial charge in [0.25, 0.3) is 5.91 Å². The van der Waals surface area contributed by atoms with Crippen molar-refractivity contribution in [3.05, 3.63) is 50.3 Å². The zero-order valence-corrected chi connectivity index (χ0v) is 24.3. The molecule has 0 unspecified atom stereocenters. The van der Waals surface area contributed by atoms with E-state index in [1.807, 2.05) is 6.07 Å². The molecule has 3 aliphatic rings. The number of nitrogens with one attached hydrogen (secondary N) is 3. The monoisotopic (exact) mass is 594 g/mol. The van der Waals surface area contributed by atoms with Gasteiger partial charge in [-0.15, -0.1) is 34.0 Å². The minimum absolute atomic E-state index is 0.0628. The first kappa shape index (κ1) is 25.9. The van der Waals surface area contributed by atoms with Crippen LogP contribution >= 0.6 is 34.0 Å². The molecule has 40 heavy (non-hydrogen) atoms. The minimum Gasteiger partial charge on any atom is -0.378 e. The summed E-state index contributed by atoms with van der Waals surface area (Å²) in [6.07, 6.45) is 4.33. The van der Waals surface area contributed by atoms with Crippen molar-refractivity contribution in [1.82, 2.24) is 10.3 Å². The number of rotatable bonds is 6. The molecule has 0 radical (unpaired) electrons.